The molecule has 2 aliphatic heterocycles. The number of H-pyrrole nitrogens is 2. The Kier molecular flexibility index (Phi) is 5.77. The molecule has 3 aromatic heterocycles. The summed E-state index contributed by atoms with van der Waals surface area (Å²) >= 11 is 6.11. The number of amides is 1. The standard InChI is InChI=1S/C27H20ClF2N9O/c28-18-5-7-20(38-13-32-36-37-38)23(24(18)29)16-11-17-4-6-21(39(17)22(40)12-16)27-33-25(26(30)34-27)15-3-1-2-14(10-15)19-8-9-31-35-19/h1-3,5,7-10,12-13,17,21H,4,6,11H2,(H,31,35)(H,33,34)/t17?,21-/m0/s1. The van der Waals surface area contributed by atoms with Crippen LogP contribution in [-0.4, -0.2) is 57.2 Å². The lowest BCUT2D eigenvalue weighted by molar-refractivity contribution is -0.129. The summed E-state index contributed by atoms with van der Waals surface area (Å²) in [5.74, 6) is -1.16. The molecule has 2 N–H and O–H groups in total. The molecule has 0 saturated carbocycles. The van der Waals surface area contributed by atoms with Gasteiger partial charge in [0.15, 0.2) is 5.82 Å². The highest BCUT2D eigenvalue weighted by Crippen LogP contribution is 2.44. The fourth-order valence-corrected chi connectivity index (χ4v) is 5.83. The Bertz CT molecular complexity index is 1760. The Balaban J connectivity index is 1.21. The van der Waals surface area contributed by atoms with Gasteiger partial charge < -0.3 is 9.88 Å². The highest BCUT2D eigenvalue weighted by molar-refractivity contribution is 6.31. The van der Waals surface area contributed by atoms with Crippen molar-refractivity contribution in [3.63, 3.8) is 0 Å². The Morgan fingerprint density at radius 1 is 1.07 bits per heavy atom. The number of nitrogens with zero attached hydrogens (tertiary/aromatic N) is 7. The molecule has 2 aromatic carbocycles. The Morgan fingerprint density at radius 3 is 2.75 bits per heavy atom. The fraction of sp³-hybridized carbons (Fsp3) is 0.185. The number of nitrogens with one attached hydrogen (secondary N) is 2. The second kappa shape index (κ2) is 9.49. The van der Waals surface area contributed by atoms with Crippen LogP contribution in [0.4, 0.5) is 8.78 Å². The molecule has 5 aromatic rings. The van der Waals surface area contributed by atoms with Gasteiger partial charge in [0.25, 0.3) is 0 Å². The number of carbonyl (C=O) groups is 1. The molecule has 0 radical (unpaired) electrons. The Morgan fingerprint density at radius 2 is 1.95 bits per heavy atom. The molecule has 1 unspecified atom stereocenters. The van der Waals surface area contributed by atoms with Gasteiger partial charge in [-0.05, 0) is 59.5 Å². The maximum atomic E-state index is 15.3. The summed E-state index contributed by atoms with van der Waals surface area (Å²) < 4.78 is 31.8. The number of halogens is 3. The molecule has 10 nitrogen and oxygen atoms in total. The highest BCUT2D eigenvalue weighted by atomic mass is 35.5. The molecule has 2 atom stereocenters. The number of aromatic nitrogens is 8. The molecule has 0 bridgehead atoms. The molecule has 40 heavy (non-hydrogen) atoms. The first kappa shape index (κ1) is 24.3. The maximum absolute atomic E-state index is 15.3. The van der Waals surface area contributed by atoms with Crippen molar-refractivity contribution >= 4 is 23.1 Å². The number of carbonyl (C=O) groups excluding carboxylic acids is 1. The van der Waals surface area contributed by atoms with Crippen molar-refractivity contribution in [1.29, 1.82) is 0 Å². The zero-order chi connectivity index (χ0) is 27.4. The van der Waals surface area contributed by atoms with Crippen LogP contribution in [0, 0.1) is 11.8 Å². The highest BCUT2D eigenvalue weighted by Gasteiger charge is 2.42. The second-order valence-corrected chi connectivity index (χ2v) is 10.1. The molecule has 5 heterocycles. The van der Waals surface area contributed by atoms with Crippen LogP contribution in [-0.2, 0) is 4.79 Å². The van der Waals surface area contributed by atoms with Crippen molar-refractivity contribution in [2.24, 2.45) is 0 Å². The number of hydrogen-bond donors (Lipinski definition) is 2. The minimum absolute atomic E-state index is 0.0675. The lowest BCUT2D eigenvalue weighted by Crippen LogP contribution is -2.39. The SMILES string of the molecule is O=C1C=C(c2c(-n3cnnn3)ccc(Cl)c2F)CC2CC[C@@H](c3nc(-c4cccc(-c5ccn[nH]5)c4)c(F)[nH]3)N12. The van der Waals surface area contributed by atoms with Crippen LogP contribution in [0.3, 0.4) is 0 Å². The van der Waals surface area contributed by atoms with Gasteiger partial charge in [0, 0.05) is 35.0 Å². The van der Waals surface area contributed by atoms with Gasteiger partial charge in [0.1, 0.15) is 17.8 Å². The second-order valence-electron chi connectivity index (χ2n) is 9.71. The zero-order valence-corrected chi connectivity index (χ0v) is 21.5. The average Bonchev–Trinajstić information content (AvgIpc) is 3.77. The molecule has 13 heteroatoms. The van der Waals surface area contributed by atoms with E-state index in [4.69, 9.17) is 11.6 Å². The van der Waals surface area contributed by atoms with Crippen molar-refractivity contribution in [1.82, 2.24) is 45.3 Å². The van der Waals surface area contributed by atoms with Gasteiger partial charge in [-0.1, -0.05) is 29.8 Å². The predicted octanol–water partition coefficient (Wildman–Crippen LogP) is 4.89. The monoisotopic (exact) mass is 559 g/mol. The van der Waals surface area contributed by atoms with Gasteiger partial charge in [-0.25, -0.2) is 9.37 Å². The first-order valence-electron chi connectivity index (χ1n) is 12.6. The van der Waals surface area contributed by atoms with Crippen LogP contribution in [0.5, 0.6) is 0 Å². The Hall–Kier alpha value is -4.71. The van der Waals surface area contributed by atoms with E-state index in [9.17, 15) is 4.79 Å². The van der Waals surface area contributed by atoms with Crippen LogP contribution < -0.4 is 0 Å². The van der Waals surface area contributed by atoms with Gasteiger partial charge in [0.2, 0.25) is 11.9 Å². The summed E-state index contributed by atoms with van der Waals surface area (Å²) in [6.07, 6.45) is 6.01. The molecule has 200 valence electrons. The topological polar surface area (TPSA) is 121 Å². The van der Waals surface area contributed by atoms with Crippen LogP contribution >= 0.6 is 11.6 Å². The van der Waals surface area contributed by atoms with Crippen LogP contribution in [0.2, 0.25) is 5.02 Å². The molecular weight excluding hydrogens is 540 g/mol. The van der Waals surface area contributed by atoms with Gasteiger partial charge >= 0.3 is 0 Å². The number of rotatable bonds is 5. The molecule has 1 amide bonds. The molecule has 2 aliphatic rings. The molecule has 0 spiro atoms. The van der Waals surface area contributed by atoms with E-state index in [1.54, 1.807) is 23.2 Å². The van der Waals surface area contributed by atoms with Gasteiger partial charge in [-0.3, -0.25) is 9.89 Å². The third-order valence-electron chi connectivity index (χ3n) is 7.44. The minimum Gasteiger partial charge on any atom is -0.326 e. The number of benzene rings is 2. The van der Waals surface area contributed by atoms with Gasteiger partial charge in [-0.2, -0.15) is 14.2 Å². The smallest absolute Gasteiger partial charge is 0.247 e. The molecule has 0 aliphatic carbocycles. The lowest BCUT2D eigenvalue weighted by Gasteiger charge is -2.33. The first-order valence-corrected chi connectivity index (χ1v) is 13.0. The number of aromatic amines is 2. The summed E-state index contributed by atoms with van der Waals surface area (Å²) in [5.41, 5.74) is 3.48. The van der Waals surface area contributed by atoms with Crippen molar-refractivity contribution in [2.45, 2.75) is 31.3 Å². The molecule has 1 saturated heterocycles. The first-order chi connectivity index (χ1) is 19.5. The number of fused-ring (bicyclic) bond motifs is 1. The zero-order valence-electron chi connectivity index (χ0n) is 20.7. The summed E-state index contributed by atoms with van der Waals surface area (Å²) in [6.45, 7) is 0. The van der Waals surface area contributed by atoms with Crippen LogP contribution in [0.1, 0.15) is 36.7 Å². The molecular formula is C27H20ClF2N9O. The van der Waals surface area contributed by atoms with E-state index in [1.807, 2.05) is 24.3 Å². The van der Waals surface area contributed by atoms with Gasteiger partial charge in [0.05, 0.1) is 22.4 Å². The van der Waals surface area contributed by atoms with Crippen molar-refractivity contribution in [3.8, 4) is 28.2 Å². The van der Waals surface area contributed by atoms with Crippen LogP contribution in [0.15, 0.2) is 61.1 Å². The van der Waals surface area contributed by atoms with E-state index >= 15 is 8.78 Å². The van der Waals surface area contributed by atoms with E-state index in [-0.39, 0.29) is 28.2 Å². The number of hydrogen-bond acceptors (Lipinski definition) is 6. The van der Waals surface area contributed by atoms with Crippen molar-refractivity contribution in [3.05, 3.63) is 89.2 Å². The number of imidazole rings is 1. The predicted molar refractivity (Wildman–Crippen MR) is 141 cm³/mol. The quantitative estimate of drug-likeness (QED) is 0.316. The van der Waals surface area contributed by atoms with E-state index in [1.165, 1.54) is 23.2 Å². The third-order valence-corrected chi connectivity index (χ3v) is 7.73. The van der Waals surface area contributed by atoms with E-state index in [2.05, 4.69) is 35.7 Å². The summed E-state index contributed by atoms with van der Waals surface area (Å²) in [5, 5.41) is 18.0. The fourth-order valence-electron chi connectivity index (χ4n) is 5.67. The Labute approximate surface area is 230 Å². The summed E-state index contributed by atoms with van der Waals surface area (Å²) in [6, 6.07) is 11.5. The van der Waals surface area contributed by atoms with Crippen LogP contribution in [0.25, 0.3) is 33.8 Å². The van der Waals surface area contributed by atoms with Crippen molar-refractivity contribution in [2.75, 3.05) is 0 Å². The molecule has 1 fully saturated rings. The maximum Gasteiger partial charge on any atom is 0.247 e. The van der Waals surface area contributed by atoms with Gasteiger partial charge in [-0.15, -0.1) is 5.10 Å². The third kappa shape index (κ3) is 3.99. The van der Waals surface area contributed by atoms with Crippen molar-refractivity contribution < 1.29 is 13.6 Å². The number of tetrazole rings is 1. The normalized spacial score (nSPS) is 18.7. The largest absolute Gasteiger partial charge is 0.326 e. The average molecular weight is 560 g/mol. The summed E-state index contributed by atoms with van der Waals surface area (Å²) in [4.78, 5) is 22.5. The minimum atomic E-state index is -0.646. The molecule has 7 rings (SSSR count). The van der Waals surface area contributed by atoms with E-state index in [0.717, 1.165) is 11.3 Å². The van der Waals surface area contributed by atoms with E-state index < -0.39 is 17.8 Å². The van der Waals surface area contributed by atoms with E-state index in [0.29, 0.717) is 41.9 Å². The lowest BCUT2D eigenvalue weighted by atomic mass is 9.92. The summed E-state index contributed by atoms with van der Waals surface area (Å²) in [7, 11) is 0.